The van der Waals surface area contributed by atoms with E-state index in [2.05, 4.69) is 25.7 Å². The van der Waals surface area contributed by atoms with Gasteiger partial charge in [0, 0.05) is 0 Å². The van der Waals surface area contributed by atoms with E-state index in [1.807, 2.05) is 26.0 Å². The maximum atomic E-state index is 7.31. The molecule has 0 radical (unpaired) electrons. The second-order valence-electron chi connectivity index (χ2n) is 3.15. The Bertz CT molecular complexity index is 230. The van der Waals surface area contributed by atoms with Crippen LogP contribution in [0.4, 0.5) is 0 Å². The molecule has 0 aromatic carbocycles. The van der Waals surface area contributed by atoms with Crippen LogP contribution in [-0.2, 0) is 0 Å². The fraction of sp³-hybridized carbons (Fsp3) is 0.462. The molecule has 0 fully saturated rings. The highest BCUT2D eigenvalue weighted by Crippen LogP contribution is 2.18. The molecule has 0 unspecified atom stereocenters. The number of hydrogen-bond acceptors (Lipinski definition) is 1. The molecule has 0 spiro atoms. The molecular weight excluding hydrogens is 170 g/mol. The highest BCUT2D eigenvalue weighted by Gasteiger charge is 2.05. The smallest absolute Gasteiger partial charge is 0.0533 e. The molecule has 0 aliphatic heterocycles. The van der Waals surface area contributed by atoms with Crippen LogP contribution in [0.5, 0.6) is 0 Å². The summed E-state index contributed by atoms with van der Waals surface area (Å²) >= 11 is 0. The molecule has 1 rings (SSSR count). The molecule has 14 heavy (non-hydrogen) atoms. The third-order valence-corrected chi connectivity index (χ3v) is 2.07. The van der Waals surface area contributed by atoms with E-state index in [4.69, 9.17) is 5.41 Å². The number of rotatable bonds is 3. The van der Waals surface area contributed by atoms with Crippen LogP contribution in [0.1, 0.15) is 33.6 Å². The molecule has 1 N–H and O–H groups in total. The van der Waals surface area contributed by atoms with Gasteiger partial charge in [0.1, 0.15) is 0 Å². The first kappa shape index (κ1) is 12.9. The topological polar surface area (TPSA) is 23.9 Å². The summed E-state index contributed by atoms with van der Waals surface area (Å²) in [6.45, 7) is 10.1. The van der Waals surface area contributed by atoms with Crippen LogP contribution < -0.4 is 0 Å². The van der Waals surface area contributed by atoms with Gasteiger partial charge in [0.15, 0.2) is 0 Å². The molecule has 0 aromatic heterocycles. The van der Waals surface area contributed by atoms with Crippen LogP contribution in [-0.4, -0.2) is 5.71 Å². The Morgan fingerprint density at radius 2 is 1.86 bits per heavy atom. The summed E-state index contributed by atoms with van der Waals surface area (Å²) in [4.78, 5) is 0. The minimum Gasteiger partial charge on any atom is -0.301 e. The van der Waals surface area contributed by atoms with Crippen molar-refractivity contribution in [3.05, 3.63) is 36.5 Å². The van der Waals surface area contributed by atoms with Crippen molar-refractivity contribution >= 4 is 5.71 Å². The summed E-state index contributed by atoms with van der Waals surface area (Å²) in [5.41, 5.74) is 1.87. The average molecular weight is 191 g/mol. The van der Waals surface area contributed by atoms with E-state index in [-0.39, 0.29) is 0 Å². The fourth-order valence-electron chi connectivity index (χ4n) is 1.19. The predicted molar refractivity (Wildman–Crippen MR) is 64.9 cm³/mol. The van der Waals surface area contributed by atoms with Gasteiger partial charge >= 0.3 is 0 Å². The van der Waals surface area contributed by atoms with Crippen LogP contribution in [0.3, 0.4) is 0 Å². The van der Waals surface area contributed by atoms with Crippen molar-refractivity contribution in [2.24, 2.45) is 5.92 Å². The van der Waals surface area contributed by atoms with Gasteiger partial charge in [-0.25, -0.2) is 0 Å². The molecule has 0 saturated carbocycles. The van der Waals surface area contributed by atoms with Crippen LogP contribution in [0.25, 0.3) is 0 Å². The second kappa shape index (κ2) is 7.31. The maximum Gasteiger partial charge on any atom is 0.0533 e. The van der Waals surface area contributed by atoms with Gasteiger partial charge in [-0.2, -0.15) is 0 Å². The van der Waals surface area contributed by atoms with E-state index in [0.717, 1.165) is 12.8 Å². The van der Waals surface area contributed by atoms with Gasteiger partial charge in [-0.1, -0.05) is 45.1 Å². The van der Waals surface area contributed by atoms with Crippen LogP contribution >= 0.6 is 0 Å². The lowest BCUT2D eigenvalue weighted by molar-refractivity contribution is 0.769. The van der Waals surface area contributed by atoms with E-state index in [9.17, 15) is 0 Å². The maximum absolute atomic E-state index is 7.31. The number of nitrogens with one attached hydrogen (secondary N) is 1. The Morgan fingerprint density at radius 3 is 2.29 bits per heavy atom. The van der Waals surface area contributed by atoms with Gasteiger partial charge in [-0.15, -0.1) is 0 Å². The lowest BCUT2D eigenvalue weighted by Crippen LogP contribution is -2.00. The summed E-state index contributed by atoms with van der Waals surface area (Å²) in [7, 11) is 0. The molecule has 1 nitrogen and oxygen atoms in total. The summed E-state index contributed by atoms with van der Waals surface area (Å²) < 4.78 is 0. The first-order chi connectivity index (χ1) is 6.72. The SMILES string of the molecule is C=C(CC)CC1C=CC(=N)C=C1.CC. The fourth-order valence-corrected chi connectivity index (χ4v) is 1.19. The molecule has 78 valence electrons. The van der Waals surface area contributed by atoms with Crippen molar-refractivity contribution in [2.75, 3.05) is 0 Å². The number of allylic oxidation sites excluding steroid dienone is 5. The lowest BCUT2D eigenvalue weighted by atomic mass is 9.94. The predicted octanol–water partition coefficient (Wildman–Crippen LogP) is 4.13. The lowest BCUT2D eigenvalue weighted by Gasteiger charge is -2.11. The van der Waals surface area contributed by atoms with Gasteiger partial charge < -0.3 is 5.41 Å². The van der Waals surface area contributed by atoms with Gasteiger partial charge in [0.2, 0.25) is 0 Å². The van der Waals surface area contributed by atoms with Gasteiger partial charge in [-0.3, -0.25) is 0 Å². The first-order valence-corrected chi connectivity index (χ1v) is 5.34. The van der Waals surface area contributed by atoms with Gasteiger partial charge in [0.25, 0.3) is 0 Å². The summed E-state index contributed by atoms with van der Waals surface area (Å²) in [5.74, 6) is 0.464. The molecule has 0 saturated heterocycles. The molecule has 0 bridgehead atoms. The highest BCUT2D eigenvalue weighted by atomic mass is 14.4. The van der Waals surface area contributed by atoms with Crippen LogP contribution in [0, 0.1) is 11.3 Å². The normalized spacial score (nSPS) is 18.8. The minimum atomic E-state index is 0.464. The van der Waals surface area contributed by atoms with Crippen molar-refractivity contribution in [1.29, 1.82) is 5.41 Å². The van der Waals surface area contributed by atoms with Crippen molar-refractivity contribution in [3.63, 3.8) is 0 Å². The second-order valence-corrected chi connectivity index (χ2v) is 3.15. The molecule has 1 aliphatic carbocycles. The van der Waals surface area contributed by atoms with Crippen molar-refractivity contribution in [2.45, 2.75) is 33.6 Å². The van der Waals surface area contributed by atoms with E-state index in [0.29, 0.717) is 11.6 Å². The Hall–Kier alpha value is -1.11. The molecule has 0 heterocycles. The number of hydrogen-bond donors (Lipinski definition) is 1. The summed E-state index contributed by atoms with van der Waals surface area (Å²) in [6, 6.07) is 0. The van der Waals surface area contributed by atoms with Gasteiger partial charge in [-0.05, 0) is 30.9 Å². The summed E-state index contributed by atoms with van der Waals surface area (Å²) in [6.07, 6.45) is 9.93. The molecule has 0 aromatic rings. The van der Waals surface area contributed by atoms with Crippen LogP contribution in [0.15, 0.2) is 36.5 Å². The first-order valence-electron chi connectivity index (χ1n) is 5.34. The van der Waals surface area contributed by atoms with E-state index >= 15 is 0 Å². The van der Waals surface area contributed by atoms with Crippen LogP contribution in [0.2, 0.25) is 0 Å². The molecular formula is C13H21N. The third kappa shape index (κ3) is 4.80. The van der Waals surface area contributed by atoms with E-state index < -0.39 is 0 Å². The zero-order chi connectivity index (χ0) is 11.0. The largest absolute Gasteiger partial charge is 0.301 e. The Kier molecular flexibility index (Phi) is 6.73. The highest BCUT2D eigenvalue weighted by molar-refractivity contribution is 6.02. The molecule has 0 amide bonds. The standard InChI is InChI=1S/C11H15N.C2H6/c1-3-9(2)8-10-4-6-11(12)7-5-10;1-2/h4-7,10,12H,2-3,8H2,1H3;1-2H3. The molecule has 1 heteroatoms. The zero-order valence-corrected chi connectivity index (χ0v) is 9.51. The zero-order valence-electron chi connectivity index (χ0n) is 9.51. The minimum absolute atomic E-state index is 0.464. The van der Waals surface area contributed by atoms with Crippen molar-refractivity contribution < 1.29 is 0 Å². The Balaban J connectivity index is 0.000000791. The van der Waals surface area contributed by atoms with Gasteiger partial charge in [0.05, 0.1) is 5.71 Å². The molecule has 1 aliphatic rings. The third-order valence-electron chi connectivity index (χ3n) is 2.07. The van der Waals surface area contributed by atoms with E-state index in [1.165, 1.54) is 5.57 Å². The summed E-state index contributed by atoms with van der Waals surface area (Å²) in [5, 5.41) is 7.31. The quantitative estimate of drug-likeness (QED) is 0.648. The molecule has 0 atom stereocenters. The Labute approximate surface area is 87.7 Å². The van der Waals surface area contributed by atoms with Crippen molar-refractivity contribution in [1.82, 2.24) is 0 Å². The van der Waals surface area contributed by atoms with E-state index in [1.54, 1.807) is 0 Å². The monoisotopic (exact) mass is 191 g/mol. The average Bonchev–Trinajstić information content (AvgIpc) is 2.24. The Morgan fingerprint density at radius 1 is 1.36 bits per heavy atom. The van der Waals surface area contributed by atoms with Crippen molar-refractivity contribution in [3.8, 4) is 0 Å².